The molecule has 110 valence electrons. The zero-order valence-electron chi connectivity index (χ0n) is 10.8. The number of carboxylic acid groups (broad SMARTS) is 1. The van der Waals surface area contributed by atoms with E-state index in [2.05, 4.69) is 15.9 Å². The second-order valence-corrected chi connectivity index (χ2v) is 7.19. The summed E-state index contributed by atoms with van der Waals surface area (Å²) in [7, 11) is -3.74. The number of piperidine rings is 1. The van der Waals surface area contributed by atoms with Gasteiger partial charge in [-0.3, -0.25) is 4.79 Å². The Labute approximate surface area is 126 Å². The number of aliphatic carboxylic acids is 1. The van der Waals surface area contributed by atoms with Crippen LogP contribution in [0.15, 0.2) is 29.2 Å². The van der Waals surface area contributed by atoms with Crippen LogP contribution in [-0.4, -0.2) is 36.4 Å². The normalized spacial score (nSPS) is 20.8. The van der Waals surface area contributed by atoms with E-state index in [-0.39, 0.29) is 11.4 Å². The van der Waals surface area contributed by atoms with Crippen molar-refractivity contribution < 1.29 is 18.3 Å². The molecule has 7 heteroatoms. The smallest absolute Gasteiger partial charge is 0.322 e. The largest absolute Gasteiger partial charge is 0.480 e. The maximum absolute atomic E-state index is 12.6. The van der Waals surface area contributed by atoms with Gasteiger partial charge in [-0.05, 0) is 37.0 Å². The van der Waals surface area contributed by atoms with Crippen LogP contribution in [0.4, 0.5) is 0 Å². The summed E-state index contributed by atoms with van der Waals surface area (Å²) in [4.78, 5) is 11.4. The van der Waals surface area contributed by atoms with E-state index in [1.807, 2.05) is 0 Å². The lowest BCUT2D eigenvalue weighted by Gasteiger charge is -2.31. The van der Waals surface area contributed by atoms with Crippen LogP contribution in [-0.2, 0) is 20.1 Å². The van der Waals surface area contributed by atoms with Gasteiger partial charge in [0.25, 0.3) is 0 Å². The number of hydrogen-bond acceptors (Lipinski definition) is 3. The second kappa shape index (κ2) is 6.24. The number of carbonyl (C=O) groups is 1. The molecule has 5 nitrogen and oxygen atoms in total. The Hall–Kier alpha value is -0.920. The average molecular weight is 362 g/mol. The second-order valence-electron chi connectivity index (χ2n) is 4.74. The number of alkyl halides is 1. The van der Waals surface area contributed by atoms with Gasteiger partial charge in [0.15, 0.2) is 0 Å². The molecule has 0 aromatic heterocycles. The highest BCUT2D eigenvalue weighted by molar-refractivity contribution is 9.08. The van der Waals surface area contributed by atoms with Crippen molar-refractivity contribution >= 4 is 31.9 Å². The lowest BCUT2D eigenvalue weighted by molar-refractivity contribution is -0.142. The van der Waals surface area contributed by atoms with Gasteiger partial charge in [-0.2, -0.15) is 4.31 Å². The van der Waals surface area contributed by atoms with E-state index in [4.69, 9.17) is 0 Å². The first-order valence-corrected chi connectivity index (χ1v) is 8.92. The van der Waals surface area contributed by atoms with Crippen LogP contribution in [0.1, 0.15) is 24.8 Å². The zero-order valence-corrected chi connectivity index (χ0v) is 13.2. The van der Waals surface area contributed by atoms with Gasteiger partial charge < -0.3 is 5.11 Å². The van der Waals surface area contributed by atoms with Crippen LogP contribution in [0, 0.1) is 0 Å². The van der Waals surface area contributed by atoms with Crippen LogP contribution < -0.4 is 0 Å². The average Bonchev–Trinajstić information content (AvgIpc) is 2.47. The molecule has 1 aromatic rings. The van der Waals surface area contributed by atoms with E-state index in [0.717, 1.165) is 16.3 Å². The Morgan fingerprint density at radius 2 is 1.95 bits per heavy atom. The number of nitrogens with zero attached hydrogens (tertiary/aromatic N) is 1. The van der Waals surface area contributed by atoms with Crippen LogP contribution >= 0.6 is 15.9 Å². The number of rotatable bonds is 4. The van der Waals surface area contributed by atoms with E-state index >= 15 is 0 Å². The van der Waals surface area contributed by atoms with Crippen LogP contribution in [0.2, 0.25) is 0 Å². The predicted molar refractivity (Wildman–Crippen MR) is 78.2 cm³/mol. The molecule has 1 aliphatic heterocycles. The first-order valence-electron chi connectivity index (χ1n) is 6.36. The van der Waals surface area contributed by atoms with Gasteiger partial charge >= 0.3 is 5.97 Å². The Balaban J connectivity index is 2.34. The SMILES string of the molecule is O=C(O)[C@H]1CCCCN1S(=O)(=O)c1ccc(CBr)cc1. The Morgan fingerprint density at radius 3 is 2.50 bits per heavy atom. The number of benzene rings is 1. The van der Waals surface area contributed by atoms with Gasteiger partial charge in [0.1, 0.15) is 6.04 Å². The van der Waals surface area contributed by atoms with E-state index in [0.29, 0.717) is 18.2 Å². The summed E-state index contributed by atoms with van der Waals surface area (Å²) in [6.45, 7) is 0.263. The molecule has 1 N–H and O–H groups in total. The molecule has 20 heavy (non-hydrogen) atoms. The summed E-state index contributed by atoms with van der Waals surface area (Å²) in [6, 6.07) is 5.55. The molecule has 1 fully saturated rings. The van der Waals surface area contributed by atoms with Gasteiger partial charge in [0.2, 0.25) is 10.0 Å². The summed E-state index contributed by atoms with van der Waals surface area (Å²) >= 11 is 3.30. The summed E-state index contributed by atoms with van der Waals surface area (Å²) in [5.41, 5.74) is 0.970. The van der Waals surface area contributed by atoms with Crippen molar-refractivity contribution in [2.24, 2.45) is 0 Å². The minimum absolute atomic E-state index is 0.148. The van der Waals surface area contributed by atoms with Crippen molar-refractivity contribution in [1.82, 2.24) is 4.31 Å². The fourth-order valence-corrected chi connectivity index (χ4v) is 4.35. The highest BCUT2D eigenvalue weighted by Crippen LogP contribution is 2.26. The molecule has 1 atom stereocenters. The van der Waals surface area contributed by atoms with E-state index in [9.17, 15) is 18.3 Å². The van der Waals surface area contributed by atoms with Crippen molar-refractivity contribution in [2.45, 2.75) is 35.5 Å². The highest BCUT2D eigenvalue weighted by atomic mass is 79.9. The first-order chi connectivity index (χ1) is 9.46. The Bertz CT molecular complexity index is 585. The van der Waals surface area contributed by atoms with Crippen LogP contribution in [0.25, 0.3) is 0 Å². The van der Waals surface area contributed by atoms with Crippen LogP contribution in [0.3, 0.4) is 0 Å². The molecule has 1 aromatic carbocycles. The van der Waals surface area contributed by atoms with E-state index in [1.54, 1.807) is 12.1 Å². The predicted octanol–water partition coefficient (Wildman–Crippen LogP) is 2.21. The molecule has 1 heterocycles. The summed E-state index contributed by atoms with van der Waals surface area (Å²) in [6.07, 6.45) is 1.81. The third-order valence-electron chi connectivity index (χ3n) is 3.42. The number of carboxylic acids is 1. The monoisotopic (exact) mass is 361 g/mol. The number of sulfonamides is 1. The topological polar surface area (TPSA) is 74.7 Å². The number of halogens is 1. The summed E-state index contributed by atoms with van der Waals surface area (Å²) in [5, 5.41) is 9.84. The third-order valence-corrected chi connectivity index (χ3v) is 5.99. The van der Waals surface area contributed by atoms with Gasteiger partial charge in [-0.1, -0.05) is 28.1 Å². The molecule has 0 spiro atoms. The minimum atomic E-state index is -3.74. The minimum Gasteiger partial charge on any atom is -0.480 e. The standard InChI is InChI=1S/C13H16BrNO4S/c14-9-10-4-6-11(7-5-10)20(18,19)15-8-2-1-3-12(15)13(16)17/h4-7,12H,1-3,8-9H2,(H,16,17)/t12-/m1/s1. The quantitative estimate of drug-likeness (QED) is 0.834. The Morgan fingerprint density at radius 1 is 1.30 bits per heavy atom. The molecular weight excluding hydrogens is 346 g/mol. The molecule has 0 bridgehead atoms. The van der Waals surface area contributed by atoms with Crippen molar-refractivity contribution in [3.63, 3.8) is 0 Å². The molecular formula is C13H16BrNO4S. The molecule has 0 unspecified atom stereocenters. The molecule has 2 rings (SSSR count). The first kappa shape index (κ1) is 15.5. The molecule has 0 aliphatic carbocycles. The maximum atomic E-state index is 12.6. The Kier molecular flexibility index (Phi) is 4.82. The van der Waals surface area contributed by atoms with Crippen molar-refractivity contribution in [3.05, 3.63) is 29.8 Å². The molecule has 0 radical (unpaired) electrons. The lowest BCUT2D eigenvalue weighted by Crippen LogP contribution is -2.47. The molecule has 1 saturated heterocycles. The number of hydrogen-bond donors (Lipinski definition) is 1. The molecule has 1 aliphatic rings. The van der Waals surface area contributed by atoms with Crippen molar-refractivity contribution in [3.8, 4) is 0 Å². The fourth-order valence-electron chi connectivity index (χ4n) is 2.33. The van der Waals surface area contributed by atoms with Gasteiger partial charge in [-0.15, -0.1) is 0 Å². The van der Waals surface area contributed by atoms with E-state index < -0.39 is 22.0 Å². The maximum Gasteiger partial charge on any atom is 0.322 e. The van der Waals surface area contributed by atoms with Gasteiger partial charge in [0, 0.05) is 11.9 Å². The molecule has 0 saturated carbocycles. The molecule has 0 amide bonds. The third kappa shape index (κ3) is 3.05. The van der Waals surface area contributed by atoms with Gasteiger partial charge in [0.05, 0.1) is 4.90 Å². The lowest BCUT2D eigenvalue weighted by atomic mass is 10.1. The fraction of sp³-hybridized carbons (Fsp3) is 0.462. The van der Waals surface area contributed by atoms with Gasteiger partial charge in [-0.25, -0.2) is 8.42 Å². The summed E-state index contributed by atoms with van der Waals surface area (Å²) in [5.74, 6) is -1.08. The van der Waals surface area contributed by atoms with E-state index in [1.165, 1.54) is 12.1 Å². The van der Waals surface area contributed by atoms with Crippen LogP contribution in [0.5, 0.6) is 0 Å². The van der Waals surface area contributed by atoms with Crippen molar-refractivity contribution in [2.75, 3.05) is 6.54 Å². The van der Waals surface area contributed by atoms with Crippen molar-refractivity contribution in [1.29, 1.82) is 0 Å². The zero-order chi connectivity index (χ0) is 14.8. The highest BCUT2D eigenvalue weighted by Gasteiger charge is 2.37. The summed E-state index contributed by atoms with van der Waals surface area (Å²) < 4.78 is 26.2.